The fraction of sp³-hybridized carbons (Fsp3) is 0.111. The number of amides is 1. The number of rotatable bonds is 2. The monoisotopic (exact) mass is 276 g/mol. The van der Waals surface area contributed by atoms with E-state index in [-0.39, 0.29) is 5.91 Å². The van der Waals surface area contributed by atoms with E-state index in [0.29, 0.717) is 5.56 Å². The summed E-state index contributed by atoms with van der Waals surface area (Å²) >= 11 is 0. The lowest BCUT2D eigenvalue weighted by molar-refractivity contribution is 0.102. The van der Waals surface area contributed by atoms with Gasteiger partial charge in [0.25, 0.3) is 5.91 Å². The van der Waals surface area contributed by atoms with Crippen LogP contribution >= 0.6 is 0 Å². The summed E-state index contributed by atoms with van der Waals surface area (Å²) in [7, 11) is 0. The molecular weight excluding hydrogens is 260 g/mol. The van der Waals surface area contributed by atoms with Crippen molar-refractivity contribution in [2.45, 2.75) is 13.8 Å². The van der Waals surface area contributed by atoms with E-state index < -0.39 is 0 Å². The van der Waals surface area contributed by atoms with E-state index in [1.54, 1.807) is 6.20 Å². The first-order valence-electron chi connectivity index (χ1n) is 6.87. The molecule has 3 rings (SSSR count). The molecule has 2 aromatic carbocycles. The lowest BCUT2D eigenvalue weighted by Crippen LogP contribution is -2.12. The van der Waals surface area contributed by atoms with Crippen LogP contribution in [0.3, 0.4) is 0 Å². The molecule has 104 valence electrons. The molecule has 0 aliphatic rings. The van der Waals surface area contributed by atoms with Crippen LogP contribution in [-0.2, 0) is 0 Å². The second-order valence-corrected chi connectivity index (χ2v) is 5.15. The van der Waals surface area contributed by atoms with Crippen molar-refractivity contribution in [2.24, 2.45) is 0 Å². The number of anilines is 1. The third-order valence-corrected chi connectivity index (χ3v) is 3.53. The van der Waals surface area contributed by atoms with Crippen molar-refractivity contribution >= 4 is 22.5 Å². The average Bonchev–Trinajstić information content (AvgIpc) is 2.49. The topological polar surface area (TPSA) is 42.0 Å². The Bertz CT molecular complexity index is 807. The van der Waals surface area contributed by atoms with Crippen LogP contribution in [-0.4, -0.2) is 10.9 Å². The number of hydrogen-bond donors (Lipinski definition) is 1. The van der Waals surface area contributed by atoms with Gasteiger partial charge in [0.05, 0.1) is 11.2 Å². The summed E-state index contributed by atoms with van der Waals surface area (Å²) < 4.78 is 0. The molecule has 1 N–H and O–H groups in total. The van der Waals surface area contributed by atoms with Crippen LogP contribution in [0.4, 0.5) is 5.69 Å². The normalized spacial score (nSPS) is 10.6. The Morgan fingerprint density at radius 1 is 1.00 bits per heavy atom. The smallest absolute Gasteiger partial charge is 0.255 e. The van der Waals surface area contributed by atoms with Crippen LogP contribution in [0, 0.1) is 13.8 Å². The van der Waals surface area contributed by atoms with Gasteiger partial charge in [-0.25, -0.2) is 0 Å². The number of aryl methyl sites for hydroxylation is 2. The number of para-hydroxylation sites is 1. The number of fused-ring (bicyclic) bond motifs is 1. The molecule has 1 amide bonds. The molecule has 0 aliphatic heterocycles. The van der Waals surface area contributed by atoms with Crippen molar-refractivity contribution in [3.63, 3.8) is 0 Å². The largest absolute Gasteiger partial charge is 0.321 e. The van der Waals surface area contributed by atoms with E-state index in [2.05, 4.69) is 10.3 Å². The molecule has 0 fully saturated rings. The molecule has 0 saturated carbocycles. The Morgan fingerprint density at radius 3 is 2.52 bits per heavy atom. The van der Waals surface area contributed by atoms with Gasteiger partial charge in [-0.05, 0) is 37.6 Å². The zero-order valence-corrected chi connectivity index (χ0v) is 12.1. The van der Waals surface area contributed by atoms with Crippen molar-refractivity contribution in [3.8, 4) is 0 Å². The van der Waals surface area contributed by atoms with Crippen LogP contribution in [0.1, 0.15) is 21.5 Å². The summed E-state index contributed by atoms with van der Waals surface area (Å²) in [5.41, 5.74) is 4.59. The third kappa shape index (κ3) is 2.63. The fourth-order valence-corrected chi connectivity index (χ4v) is 2.33. The molecule has 3 aromatic rings. The molecule has 0 unspecified atom stereocenters. The number of pyridine rings is 1. The Balaban J connectivity index is 1.96. The van der Waals surface area contributed by atoms with Gasteiger partial charge in [0, 0.05) is 17.1 Å². The summed E-state index contributed by atoms with van der Waals surface area (Å²) in [5.74, 6) is -0.107. The molecule has 3 heteroatoms. The first-order chi connectivity index (χ1) is 10.1. The molecule has 21 heavy (non-hydrogen) atoms. The highest BCUT2D eigenvalue weighted by molar-refractivity contribution is 6.08. The van der Waals surface area contributed by atoms with E-state index >= 15 is 0 Å². The molecule has 1 heterocycles. The zero-order valence-electron chi connectivity index (χ0n) is 12.1. The van der Waals surface area contributed by atoms with E-state index in [0.717, 1.165) is 27.7 Å². The second-order valence-electron chi connectivity index (χ2n) is 5.15. The van der Waals surface area contributed by atoms with Gasteiger partial charge < -0.3 is 5.32 Å². The summed E-state index contributed by atoms with van der Waals surface area (Å²) in [6.45, 7) is 4.02. The van der Waals surface area contributed by atoms with Gasteiger partial charge in [-0.15, -0.1) is 0 Å². The van der Waals surface area contributed by atoms with Crippen molar-refractivity contribution in [1.82, 2.24) is 4.98 Å². The number of carbonyl (C=O) groups excluding carboxylic acids is 1. The predicted octanol–water partition coefficient (Wildman–Crippen LogP) is 4.10. The highest BCUT2D eigenvalue weighted by atomic mass is 16.1. The lowest BCUT2D eigenvalue weighted by Gasteiger charge is -2.09. The maximum Gasteiger partial charge on any atom is 0.255 e. The molecule has 0 bridgehead atoms. The SMILES string of the molecule is Cc1ccc(C(=O)Nc2ccnc3c(C)cccc23)cc1. The van der Waals surface area contributed by atoms with Crippen molar-refractivity contribution in [3.05, 3.63) is 71.4 Å². The van der Waals surface area contributed by atoms with E-state index in [4.69, 9.17) is 0 Å². The number of aromatic nitrogens is 1. The minimum atomic E-state index is -0.107. The first-order valence-corrected chi connectivity index (χ1v) is 6.87. The predicted molar refractivity (Wildman–Crippen MR) is 85.6 cm³/mol. The highest BCUT2D eigenvalue weighted by Crippen LogP contribution is 2.24. The van der Waals surface area contributed by atoms with Gasteiger partial charge in [0.15, 0.2) is 0 Å². The standard InChI is InChI=1S/C18H16N2O/c1-12-6-8-14(9-7-12)18(21)20-16-10-11-19-17-13(2)4-3-5-15(16)17/h3-11H,1-2H3,(H,19,20,21). The second kappa shape index (κ2) is 5.37. The summed E-state index contributed by atoms with van der Waals surface area (Å²) in [4.78, 5) is 16.7. The molecule has 3 nitrogen and oxygen atoms in total. The molecule has 0 aliphatic carbocycles. The number of hydrogen-bond acceptors (Lipinski definition) is 2. The van der Waals surface area contributed by atoms with Gasteiger partial charge in [0.1, 0.15) is 0 Å². The van der Waals surface area contributed by atoms with Crippen LogP contribution in [0.15, 0.2) is 54.7 Å². The summed E-state index contributed by atoms with van der Waals surface area (Å²) in [6.07, 6.45) is 1.72. The Labute approximate surface area is 123 Å². The highest BCUT2D eigenvalue weighted by Gasteiger charge is 2.09. The van der Waals surface area contributed by atoms with E-state index in [1.807, 2.05) is 62.4 Å². The quantitative estimate of drug-likeness (QED) is 0.765. The molecular formula is C18H16N2O. The number of carbonyl (C=O) groups is 1. The minimum Gasteiger partial charge on any atom is -0.321 e. The average molecular weight is 276 g/mol. The van der Waals surface area contributed by atoms with Crippen LogP contribution in [0.25, 0.3) is 10.9 Å². The summed E-state index contributed by atoms with van der Waals surface area (Å²) in [6, 6.07) is 15.3. The Kier molecular flexibility index (Phi) is 3.40. The lowest BCUT2D eigenvalue weighted by atomic mass is 10.1. The first kappa shape index (κ1) is 13.3. The van der Waals surface area contributed by atoms with Gasteiger partial charge in [-0.2, -0.15) is 0 Å². The van der Waals surface area contributed by atoms with Crippen LogP contribution in [0.5, 0.6) is 0 Å². The minimum absolute atomic E-state index is 0.107. The molecule has 1 aromatic heterocycles. The van der Waals surface area contributed by atoms with Crippen LogP contribution in [0.2, 0.25) is 0 Å². The third-order valence-electron chi connectivity index (χ3n) is 3.53. The molecule has 0 radical (unpaired) electrons. The maximum absolute atomic E-state index is 12.3. The van der Waals surface area contributed by atoms with Crippen molar-refractivity contribution < 1.29 is 4.79 Å². The Morgan fingerprint density at radius 2 is 1.76 bits per heavy atom. The number of benzene rings is 2. The zero-order chi connectivity index (χ0) is 14.8. The van der Waals surface area contributed by atoms with Crippen LogP contribution < -0.4 is 5.32 Å². The van der Waals surface area contributed by atoms with Gasteiger partial charge in [-0.1, -0.05) is 35.9 Å². The van der Waals surface area contributed by atoms with Crippen molar-refractivity contribution in [2.75, 3.05) is 5.32 Å². The van der Waals surface area contributed by atoms with Gasteiger partial charge >= 0.3 is 0 Å². The number of nitrogens with zero attached hydrogens (tertiary/aromatic N) is 1. The number of nitrogens with one attached hydrogen (secondary N) is 1. The van der Waals surface area contributed by atoms with Crippen molar-refractivity contribution in [1.29, 1.82) is 0 Å². The molecule has 0 spiro atoms. The van der Waals surface area contributed by atoms with E-state index in [1.165, 1.54) is 0 Å². The summed E-state index contributed by atoms with van der Waals surface area (Å²) in [5, 5.41) is 3.93. The van der Waals surface area contributed by atoms with Gasteiger partial charge in [-0.3, -0.25) is 9.78 Å². The van der Waals surface area contributed by atoms with Gasteiger partial charge in [0.2, 0.25) is 0 Å². The molecule has 0 saturated heterocycles. The molecule has 0 atom stereocenters. The Hall–Kier alpha value is -2.68. The van der Waals surface area contributed by atoms with E-state index in [9.17, 15) is 4.79 Å². The maximum atomic E-state index is 12.3. The fourth-order valence-electron chi connectivity index (χ4n) is 2.33.